The van der Waals surface area contributed by atoms with Crippen LogP contribution in [0.2, 0.25) is 0 Å². The van der Waals surface area contributed by atoms with Crippen molar-refractivity contribution in [2.45, 2.75) is 51.0 Å². The summed E-state index contributed by atoms with van der Waals surface area (Å²) in [6, 6.07) is -1.02. The minimum absolute atomic E-state index is 0.0245. The predicted molar refractivity (Wildman–Crippen MR) is 70.5 cm³/mol. The van der Waals surface area contributed by atoms with Gasteiger partial charge in [0.1, 0.15) is 6.04 Å². The molecule has 0 spiro atoms. The van der Waals surface area contributed by atoms with Crippen molar-refractivity contribution in [1.29, 1.82) is 0 Å². The van der Waals surface area contributed by atoms with Gasteiger partial charge in [0.25, 0.3) is 0 Å². The summed E-state index contributed by atoms with van der Waals surface area (Å²) in [7, 11) is 0. The first kappa shape index (κ1) is 15.9. The van der Waals surface area contributed by atoms with Crippen molar-refractivity contribution in [2.75, 3.05) is 13.2 Å². The molecule has 0 aromatic rings. The Labute approximate surface area is 113 Å². The predicted octanol–water partition coefficient (Wildman–Crippen LogP) is 0.238. The second-order valence-corrected chi connectivity index (χ2v) is 5.41. The Kier molecular flexibility index (Phi) is 6.24. The maximum absolute atomic E-state index is 12.0. The molecule has 1 rings (SSSR count). The van der Waals surface area contributed by atoms with Crippen LogP contribution in [0.5, 0.6) is 0 Å². The van der Waals surface area contributed by atoms with Crippen molar-refractivity contribution >= 4 is 11.9 Å². The molecule has 0 heterocycles. The minimum Gasteiger partial charge on any atom is -0.480 e. The Morgan fingerprint density at radius 3 is 2.37 bits per heavy atom. The van der Waals surface area contributed by atoms with E-state index in [4.69, 9.17) is 15.9 Å². The summed E-state index contributed by atoms with van der Waals surface area (Å²) in [5, 5.41) is 20.2. The first-order valence-electron chi connectivity index (χ1n) is 6.86. The Bertz CT molecular complexity index is 314. The number of amides is 1. The largest absolute Gasteiger partial charge is 0.480 e. The van der Waals surface area contributed by atoms with Gasteiger partial charge in [0, 0.05) is 19.4 Å². The summed E-state index contributed by atoms with van der Waals surface area (Å²) in [6.07, 6.45) is 5.47. The number of carboxylic acid groups (broad SMARTS) is 1. The van der Waals surface area contributed by atoms with Crippen LogP contribution in [-0.2, 0) is 9.59 Å². The maximum Gasteiger partial charge on any atom is 0.326 e. The number of carboxylic acids is 1. The summed E-state index contributed by atoms with van der Waals surface area (Å²) in [4.78, 5) is 22.9. The number of nitrogens with one attached hydrogen (secondary N) is 1. The van der Waals surface area contributed by atoms with E-state index in [-0.39, 0.29) is 30.8 Å². The molecule has 1 saturated carbocycles. The van der Waals surface area contributed by atoms with Crippen LogP contribution in [0.1, 0.15) is 44.9 Å². The quantitative estimate of drug-likeness (QED) is 0.530. The molecule has 0 radical (unpaired) electrons. The topological polar surface area (TPSA) is 113 Å². The number of aliphatic hydroxyl groups excluding tert-OH is 1. The molecule has 6 heteroatoms. The summed E-state index contributed by atoms with van der Waals surface area (Å²) in [5.74, 6) is -1.40. The second-order valence-electron chi connectivity index (χ2n) is 5.41. The molecule has 1 atom stereocenters. The number of carbonyl (C=O) groups is 2. The molecule has 0 saturated heterocycles. The molecule has 0 aliphatic heterocycles. The van der Waals surface area contributed by atoms with Crippen LogP contribution in [0.15, 0.2) is 0 Å². The van der Waals surface area contributed by atoms with Gasteiger partial charge in [-0.05, 0) is 24.8 Å². The number of rotatable bonds is 7. The van der Waals surface area contributed by atoms with Gasteiger partial charge in [-0.15, -0.1) is 0 Å². The number of hydrogen-bond acceptors (Lipinski definition) is 4. The minimum atomic E-state index is -1.12. The Morgan fingerprint density at radius 1 is 1.26 bits per heavy atom. The highest BCUT2D eigenvalue weighted by Gasteiger charge is 2.33. The van der Waals surface area contributed by atoms with Gasteiger partial charge in [0.15, 0.2) is 0 Å². The van der Waals surface area contributed by atoms with Crippen LogP contribution in [-0.4, -0.2) is 41.3 Å². The van der Waals surface area contributed by atoms with Gasteiger partial charge >= 0.3 is 5.97 Å². The Hall–Kier alpha value is -1.14. The van der Waals surface area contributed by atoms with Gasteiger partial charge in [-0.3, -0.25) is 4.79 Å². The molecule has 19 heavy (non-hydrogen) atoms. The van der Waals surface area contributed by atoms with E-state index in [1.807, 2.05) is 0 Å². The number of aliphatic hydroxyl groups is 1. The van der Waals surface area contributed by atoms with Gasteiger partial charge in [-0.1, -0.05) is 19.3 Å². The van der Waals surface area contributed by atoms with Crippen molar-refractivity contribution in [2.24, 2.45) is 11.1 Å². The Balaban J connectivity index is 2.54. The van der Waals surface area contributed by atoms with Crippen molar-refractivity contribution in [3.05, 3.63) is 0 Å². The average Bonchev–Trinajstić information content (AvgIpc) is 2.39. The first-order chi connectivity index (χ1) is 9.03. The van der Waals surface area contributed by atoms with Crippen LogP contribution in [0.3, 0.4) is 0 Å². The molecular weight excluding hydrogens is 248 g/mol. The zero-order chi connectivity index (χ0) is 14.3. The van der Waals surface area contributed by atoms with E-state index in [9.17, 15) is 9.59 Å². The lowest BCUT2D eigenvalue weighted by Gasteiger charge is -2.35. The monoisotopic (exact) mass is 272 g/mol. The van der Waals surface area contributed by atoms with Crippen LogP contribution in [0.4, 0.5) is 0 Å². The molecule has 0 aromatic carbocycles. The van der Waals surface area contributed by atoms with Crippen LogP contribution >= 0.6 is 0 Å². The van der Waals surface area contributed by atoms with Crippen LogP contribution < -0.4 is 11.1 Å². The molecule has 1 fully saturated rings. The SMILES string of the molecule is NCC1(CC(=O)N[C@H](CCO)C(=O)O)CCCCC1. The smallest absolute Gasteiger partial charge is 0.326 e. The molecule has 6 nitrogen and oxygen atoms in total. The van der Waals surface area contributed by atoms with E-state index in [1.165, 1.54) is 6.42 Å². The summed E-state index contributed by atoms with van der Waals surface area (Å²) in [6.45, 7) is 0.192. The van der Waals surface area contributed by atoms with E-state index >= 15 is 0 Å². The van der Waals surface area contributed by atoms with Crippen LogP contribution in [0, 0.1) is 5.41 Å². The lowest BCUT2D eigenvalue weighted by Crippen LogP contribution is -2.45. The van der Waals surface area contributed by atoms with E-state index in [1.54, 1.807) is 0 Å². The fourth-order valence-electron chi connectivity index (χ4n) is 2.73. The van der Waals surface area contributed by atoms with Gasteiger partial charge in [-0.2, -0.15) is 0 Å². The summed E-state index contributed by atoms with van der Waals surface area (Å²) >= 11 is 0. The molecular formula is C13H24N2O4. The zero-order valence-corrected chi connectivity index (χ0v) is 11.2. The number of nitrogens with two attached hydrogens (primary N) is 1. The molecule has 0 bridgehead atoms. The molecule has 5 N–H and O–H groups in total. The van der Waals surface area contributed by atoms with Gasteiger partial charge < -0.3 is 21.3 Å². The van der Waals surface area contributed by atoms with Crippen LogP contribution in [0.25, 0.3) is 0 Å². The molecule has 1 aliphatic rings. The van der Waals surface area contributed by atoms with Gasteiger partial charge in [0.05, 0.1) is 0 Å². The van der Waals surface area contributed by atoms with Crippen molar-refractivity contribution in [3.63, 3.8) is 0 Å². The summed E-state index contributed by atoms with van der Waals surface area (Å²) < 4.78 is 0. The molecule has 1 amide bonds. The van der Waals surface area contributed by atoms with Crippen molar-refractivity contribution in [1.82, 2.24) is 5.32 Å². The highest BCUT2D eigenvalue weighted by atomic mass is 16.4. The standard InChI is InChI=1S/C13H24N2O4/c14-9-13(5-2-1-3-6-13)8-11(17)15-10(4-7-16)12(18)19/h10,16H,1-9,14H2,(H,15,17)(H,18,19)/t10-/m1/s1. The molecule has 0 aromatic heterocycles. The number of carbonyl (C=O) groups excluding carboxylic acids is 1. The summed E-state index contributed by atoms with van der Waals surface area (Å²) in [5.41, 5.74) is 5.62. The zero-order valence-electron chi connectivity index (χ0n) is 11.2. The van der Waals surface area contributed by atoms with Gasteiger partial charge in [0.2, 0.25) is 5.91 Å². The fraction of sp³-hybridized carbons (Fsp3) is 0.846. The van der Waals surface area contributed by atoms with Crippen molar-refractivity contribution in [3.8, 4) is 0 Å². The van der Waals surface area contributed by atoms with Crippen molar-refractivity contribution < 1.29 is 19.8 Å². The normalized spacial score (nSPS) is 19.7. The average molecular weight is 272 g/mol. The van der Waals surface area contributed by atoms with E-state index < -0.39 is 12.0 Å². The third kappa shape index (κ3) is 4.80. The van der Waals surface area contributed by atoms with E-state index in [0.29, 0.717) is 6.54 Å². The lowest BCUT2D eigenvalue weighted by molar-refractivity contribution is -0.142. The third-order valence-electron chi connectivity index (χ3n) is 3.93. The molecule has 1 aliphatic carbocycles. The highest BCUT2D eigenvalue weighted by molar-refractivity contribution is 5.83. The molecule has 0 unspecified atom stereocenters. The van der Waals surface area contributed by atoms with E-state index in [0.717, 1.165) is 25.7 Å². The fourth-order valence-corrected chi connectivity index (χ4v) is 2.73. The Morgan fingerprint density at radius 2 is 1.89 bits per heavy atom. The van der Waals surface area contributed by atoms with E-state index in [2.05, 4.69) is 5.32 Å². The molecule has 110 valence electrons. The highest BCUT2D eigenvalue weighted by Crippen LogP contribution is 2.38. The second kappa shape index (κ2) is 7.45. The van der Waals surface area contributed by atoms with Gasteiger partial charge in [-0.25, -0.2) is 4.79 Å². The number of aliphatic carboxylic acids is 1. The third-order valence-corrected chi connectivity index (χ3v) is 3.93. The number of hydrogen-bond donors (Lipinski definition) is 4. The lowest BCUT2D eigenvalue weighted by atomic mass is 9.71. The maximum atomic E-state index is 12.0. The first-order valence-corrected chi connectivity index (χ1v) is 6.86.